The molecule has 0 saturated carbocycles. The number of aromatic nitrogens is 3. The third-order valence-electron chi connectivity index (χ3n) is 6.53. The first-order valence-electron chi connectivity index (χ1n) is 12.1. The van der Waals surface area contributed by atoms with Gasteiger partial charge < -0.3 is 4.74 Å². The molecule has 0 N–H and O–H groups in total. The normalized spacial score (nSPS) is 14.8. The molecule has 0 aliphatic carbocycles. The SMILES string of the molecule is CC(C)c1cccc(-c2cnn3cc(-c4ccc(OCCN5CCCCC5)cc4)cnc23)c1. The summed E-state index contributed by atoms with van der Waals surface area (Å²) in [5, 5.41) is 4.58. The van der Waals surface area contributed by atoms with E-state index in [0.717, 1.165) is 46.8 Å². The molecular weight excluding hydrogens is 408 g/mol. The maximum Gasteiger partial charge on any atom is 0.162 e. The molecule has 2 aromatic carbocycles. The van der Waals surface area contributed by atoms with Crippen molar-refractivity contribution in [3.63, 3.8) is 0 Å². The van der Waals surface area contributed by atoms with Gasteiger partial charge in [-0.1, -0.05) is 56.7 Å². The molecule has 5 nitrogen and oxygen atoms in total. The van der Waals surface area contributed by atoms with E-state index in [-0.39, 0.29) is 0 Å². The zero-order valence-electron chi connectivity index (χ0n) is 19.6. The summed E-state index contributed by atoms with van der Waals surface area (Å²) < 4.78 is 7.84. The second-order valence-corrected chi connectivity index (χ2v) is 9.22. The quantitative estimate of drug-likeness (QED) is 0.351. The summed E-state index contributed by atoms with van der Waals surface area (Å²) >= 11 is 0. The number of hydrogen-bond acceptors (Lipinski definition) is 4. The number of nitrogens with zero attached hydrogens (tertiary/aromatic N) is 4. The fourth-order valence-corrected chi connectivity index (χ4v) is 4.51. The molecule has 5 rings (SSSR count). The molecule has 4 aromatic rings. The van der Waals surface area contributed by atoms with Crippen molar-refractivity contribution < 1.29 is 4.74 Å². The van der Waals surface area contributed by atoms with Crippen LogP contribution in [0.5, 0.6) is 5.75 Å². The third-order valence-corrected chi connectivity index (χ3v) is 6.53. The van der Waals surface area contributed by atoms with Gasteiger partial charge in [0.05, 0.1) is 6.20 Å². The van der Waals surface area contributed by atoms with E-state index in [1.54, 1.807) is 0 Å². The number of rotatable bonds is 7. The molecule has 1 aliphatic heterocycles. The Bertz CT molecular complexity index is 1210. The predicted octanol–water partition coefficient (Wildman–Crippen LogP) is 6.05. The van der Waals surface area contributed by atoms with Crippen LogP contribution in [0, 0.1) is 0 Å². The fraction of sp³-hybridized carbons (Fsp3) is 0.357. The Balaban J connectivity index is 1.29. The van der Waals surface area contributed by atoms with E-state index >= 15 is 0 Å². The molecule has 170 valence electrons. The lowest BCUT2D eigenvalue weighted by Gasteiger charge is -2.26. The van der Waals surface area contributed by atoms with E-state index in [1.807, 2.05) is 35.2 Å². The van der Waals surface area contributed by atoms with E-state index in [4.69, 9.17) is 9.72 Å². The van der Waals surface area contributed by atoms with Crippen LogP contribution in [-0.2, 0) is 0 Å². The number of piperidine rings is 1. The van der Waals surface area contributed by atoms with Gasteiger partial charge >= 0.3 is 0 Å². The summed E-state index contributed by atoms with van der Waals surface area (Å²) in [5.74, 6) is 1.40. The summed E-state index contributed by atoms with van der Waals surface area (Å²) in [6, 6.07) is 16.9. The van der Waals surface area contributed by atoms with Crippen molar-refractivity contribution in [1.82, 2.24) is 19.5 Å². The van der Waals surface area contributed by atoms with Crippen LogP contribution in [0.3, 0.4) is 0 Å². The lowest BCUT2D eigenvalue weighted by atomic mass is 9.99. The molecule has 2 aromatic heterocycles. The van der Waals surface area contributed by atoms with E-state index in [1.165, 1.54) is 37.9 Å². The van der Waals surface area contributed by atoms with Crippen molar-refractivity contribution in [2.24, 2.45) is 0 Å². The molecule has 0 spiro atoms. The average molecular weight is 441 g/mol. The van der Waals surface area contributed by atoms with Crippen molar-refractivity contribution >= 4 is 5.65 Å². The first kappa shape index (κ1) is 21.7. The molecule has 1 fully saturated rings. The Morgan fingerprint density at radius 1 is 0.909 bits per heavy atom. The molecule has 1 saturated heterocycles. The summed E-state index contributed by atoms with van der Waals surface area (Å²) in [6.45, 7) is 8.58. The Morgan fingerprint density at radius 2 is 1.73 bits per heavy atom. The largest absolute Gasteiger partial charge is 0.492 e. The Labute approximate surface area is 196 Å². The maximum atomic E-state index is 5.97. The molecule has 0 atom stereocenters. The number of ether oxygens (including phenoxy) is 1. The average Bonchev–Trinajstić information content (AvgIpc) is 3.29. The van der Waals surface area contributed by atoms with Crippen LogP contribution < -0.4 is 4.74 Å². The molecule has 0 amide bonds. The van der Waals surface area contributed by atoms with Gasteiger partial charge in [-0.05, 0) is 60.7 Å². The topological polar surface area (TPSA) is 42.7 Å². The Hall–Kier alpha value is -3.18. The minimum Gasteiger partial charge on any atom is -0.492 e. The molecule has 33 heavy (non-hydrogen) atoms. The molecule has 0 radical (unpaired) electrons. The van der Waals surface area contributed by atoms with Gasteiger partial charge in [0.15, 0.2) is 5.65 Å². The summed E-state index contributed by atoms with van der Waals surface area (Å²) in [6.07, 6.45) is 9.88. The molecule has 5 heteroatoms. The fourth-order valence-electron chi connectivity index (χ4n) is 4.51. The van der Waals surface area contributed by atoms with Crippen LogP contribution in [0.4, 0.5) is 0 Å². The van der Waals surface area contributed by atoms with Crippen LogP contribution in [0.15, 0.2) is 67.1 Å². The van der Waals surface area contributed by atoms with Crippen LogP contribution in [0.1, 0.15) is 44.6 Å². The van der Waals surface area contributed by atoms with Crippen molar-refractivity contribution in [1.29, 1.82) is 0 Å². The second kappa shape index (κ2) is 9.75. The zero-order valence-corrected chi connectivity index (χ0v) is 19.6. The maximum absolute atomic E-state index is 5.97. The smallest absolute Gasteiger partial charge is 0.162 e. The van der Waals surface area contributed by atoms with Crippen LogP contribution in [0.25, 0.3) is 27.9 Å². The lowest BCUT2D eigenvalue weighted by Crippen LogP contribution is -2.33. The Kier molecular flexibility index (Phi) is 6.40. The van der Waals surface area contributed by atoms with E-state index in [9.17, 15) is 0 Å². The van der Waals surface area contributed by atoms with Crippen molar-refractivity contribution in [3.05, 3.63) is 72.7 Å². The highest BCUT2D eigenvalue weighted by atomic mass is 16.5. The van der Waals surface area contributed by atoms with Crippen molar-refractivity contribution in [3.8, 4) is 28.0 Å². The van der Waals surface area contributed by atoms with Gasteiger partial charge in [-0.2, -0.15) is 5.10 Å². The second-order valence-electron chi connectivity index (χ2n) is 9.22. The van der Waals surface area contributed by atoms with Crippen molar-refractivity contribution in [2.75, 3.05) is 26.2 Å². The zero-order chi connectivity index (χ0) is 22.6. The summed E-state index contributed by atoms with van der Waals surface area (Å²) in [5.41, 5.74) is 6.54. The summed E-state index contributed by atoms with van der Waals surface area (Å²) in [4.78, 5) is 7.25. The molecular formula is C28H32N4O. The number of hydrogen-bond donors (Lipinski definition) is 0. The van der Waals surface area contributed by atoms with E-state index in [2.05, 4.69) is 60.2 Å². The van der Waals surface area contributed by atoms with Crippen LogP contribution in [0.2, 0.25) is 0 Å². The lowest BCUT2D eigenvalue weighted by molar-refractivity contribution is 0.183. The van der Waals surface area contributed by atoms with Gasteiger partial charge in [0.1, 0.15) is 12.4 Å². The molecule has 1 aliphatic rings. The van der Waals surface area contributed by atoms with Crippen LogP contribution in [-0.4, -0.2) is 45.7 Å². The highest BCUT2D eigenvalue weighted by Gasteiger charge is 2.12. The monoisotopic (exact) mass is 440 g/mol. The van der Waals surface area contributed by atoms with Gasteiger partial charge in [0.2, 0.25) is 0 Å². The number of likely N-dealkylation sites (tertiary alicyclic amines) is 1. The van der Waals surface area contributed by atoms with Crippen LogP contribution >= 0.6 is 0 Å². The minimum absolute atomic E-state index is 0.489. The highest BCUT2D eigenvalue weighted by molar-refractivity contribution is 5.78. The van der Waals surface area contributed by atoms with Gasteiger partial charge in [0, 0.05) is 30.1 Å². The molecule has 0 bridgehead atoms. The van der Waals surface area contributed by atoms with Gasteiger partial charge in [0.25, 0.3) is 0 Å². The highest BCUT2D eigenvalue weighted by Crippen LogP contribution is 2.28. The molecule has 0 unspecified atom stereocenters. The van der Waals surface area contributed by atoms with Gasteiger partial charge in [-0.15, -0.1) is 0 Å². The number of fused-ring (bicyclic) bond motifs is 1. The van der Waals surface area contributed by atoms with E-state index in [0.29, 0.717) is 5.92 Å². The van der Waals surface area contributed by atoms with Gasteiger partial charge in [-0.25, -0.2) is 9.50 Å². The number of benzene rings is 2. The molecule has 3 heterocycles. The summed E-state index contributed by atoms with van der Waals surface area (Å²) in [7, 11) is 0. The Morgan fingerprint density at radius 3 is 2.52 bits per heavy atom. The third kappa shape index (κ3) is 4.93. The van der Waals surface area contributed by atoms with Gasteiger partial charge in [-0.3, -0.25) is 4.90 Å². The first-order valence-corrected chi connectivity index (χ1v) is 12.1. The minimum atomic E-state index is 0.489. The predicted molar refractivity (Wildman–Crippen MR) is 134 cm³/mol. The standard InChI is InChI=1S/C28H32N4O/c1-21(2)23-7-6-8-24(17-23)27-19-30-32-20-25(18-29-28(27)32)22-9-11-26(12-10-22)33-16-15-31-13-4-3-5-14-31/h6-12,17-21H,3-5,13-16H2,1-2H3. The van der Waals surface area contributed by atoms with E-state index < -0.39 is 0 Å². The first-order chi connectivity index (χ1) is 16.2. The van der Waals surface area contributed by atoms with Crippen molar-refractivity contribution in [2.45, 2.75) is 39.0 Å².